The maximum Gasteiger partial charge on any atom is 0.315 e. The lowest BCUT2D eigenvalue weighted by atomic mass is 9.55. The Hall–Kier alpha value is -1.61. The summed E-state index contributed by atoms with van der Waals surface area (Å²) in [5.74, 6) is 1.08. The third kappa shape index (κ3) is 3.34. The smallest absolute Gasteiger partial charge is 0.315 e. The SMILES string of the molecule is C=C1CCC[C@@]2(C)C[C@H]3OC(=O)[C@@H](C[NH2+]CCc4ccccc4)[C@@H]3C[C@@H]12. The maximum atomic E-state index is 12.5. The van der Waals surface area contributed by atoms with Gasteiger partial charge in [0.1, 0.15) is 12.0 Å². The molecule has 3 heteroatoms. The van der Waals surface area contributed by atoms with E-state index in [0.717, 1.165) is 32.4 Å². The van der Waals surface area contributed by atoms with Gasteiger partial charge in [-0.1, -0.05) is 49.4 Å². The van der Waals surface area contributed by atoms with Gasteiger partial charge in [0, 0.05) is 12.3 Å². The monoisotopic (exact) mass is 354 g/mol. The summed E-state index contributed by atoms with van der Waals surface area (Å²) in [6.07, 6.45) is 6.99. The van der Waals surface area contributed by atoms with E-state index in [1.165, 1.54) is 30.4 Å². The van der Waals surface area contributed by atoms with Crippen LogP contribution in [0.15, 0.2) is 42.5 Å². The third-order valence-corrected chi connectivity index (χ3v) is 7.22. The van der Waals surface area contributed by atoms with E-state index in [1.807, 2.05) is 0 Å². The molecular weight excluding hydrogens is 322 g/mol. The largest absolute Gasteiger partial charge is 0.462 e. The Balaban J connectivity index is 1.36. The van der Waals surface area contributed by atoms with Gasteiger partial charge < -0.3 is 10.1 Å². The molecule has 0 bridgehead atoms. The molecule has 0 spiro atoms. The van der Waals surface area contributed by atoms with Crippen molar-refractivity contribution < 1.29 is 14.8 Å². The molecule has 0 unspecified atom stereocenters. The predicted octanol–water partition coefficient (Wildman–Crippen LogP) is 3.11. The van der Waals surface area contributed by atoms with Gasteiger partial charge in [-0.2, -0.15) is 0 Å². The van der Waals surface area contributed by atoms with Gasteiger partial charge in [-0.05, 0) is 49.0 Å². The zero-order valence-electron chi connectivity index (χ0n) is 16.0. The van der Waals surface area contributed by atoms with Gasteiger partial charge in [-0.3, -0.25) is 4.79 Å². The Kier molecular flexibility index (Phi) is 4.92. The van der Waals surface area contributed by atoms with Gasteiger partial charge in [0.05, 0.1) is 13.1 Å². The van der Waals surface area contributed by atoms with Crippen LogP contribution in [-0.2, 0) is 16.0 Å². The molecule has 0 radical (unpaired) electrons. The molecule has 0 aromatic heterocycles. The quantitative estimate of drug-likeness (QED) is 0.502. The van der Waals surface area contributed by atoms with Gasteiger partial charge >= 0.3 is 5.97 Å². The molecular formula is C23H32NO2+. The first-order valence-corrected chi connectivity index (χ1v) is 10.3. The van der Waals surface area contributed by atoms with E-state index in [0.29, 0.717) is 17.3 Å². The number of rotatable bonds is 5. The van der Waals surface area contributed by atoms with E-state index in [-0.39, 0.29) is 18.0 Å². The fraction of sp³-hybridized carbons (Fsp3) is 0.609. The van der Waals surface area contributed by atoms with E-state index in [9.17, 15) is 4.79 Å². The molecule has 140 valence electrons. The summed E-state index contributed by atoms with van der Waals surface area (Å²) in [6.45, 7) is 8.66. The highest BCUT2D eigenvalue weighted by Crippen LogP contribution is 2.56. The second-order valence-corrected chi connectivity index (χ2v) is 8.95. The minimum absolute atomic E-state index is 0.0452. The highest BCUT2D eigenvalue weighted by molar-refractivity contribution is 5.75. The van der Waals surface area contributed by atoms with Crippen LogP contribution >= 0.6 is 0 Å². The molecule has 5 atom stereocenters. The van der Waals surface area contributed by atoms with Crippen LogP contribution in [-0.4, -0.2) is 25.2 Å². The van der Waals surface area contributed by atoms with Crippen molar-refractivity contribution >= 4 is 5.97 Å². The Morgan fingerprint density at radius 2 is 2.12 bits per heavy atom. The molecule has 4 rings (SSSR count). The van der Waals surface area contributed by atoms with Crippen LogP contribution in [0.25, 0.3) is 0 Å². The number of quaternary nitrogens is 1. The lowest BCUT2D eigenvalue weighted by Crippen LogP contribution is -2.86. The van der Waals surface area contributed by atoms with Crippen molar-refractivity contribution in [2.24, 2.45) is 23.2 Å². The molecule has 1 aliphatic heterocycles. The molecule has 1 aromatic carbocycles. The zero-order valence-corrected chi connectivity index (χ0v) is 16.0. The molecule has 3 fully saturated rings. The molecule has 26 heavy (non-hydrogen) atoms. The van der Waals surface area contributed by atoms with Crippen LogP contribution in [0, 0.1) is 23.2 Å². The normalized spacial score (nSPS) is 36.3. The number of nitrogens with two attached hydrogens (primary N) is 1. The topological polar surface area (TPSA) is 42.9 Å². The van der Waals surface area contributed by atoms with Gasteiger partial charge in [0.2, 0.25) is 0 Å². The van der Waals surface area contributed by atoms with E-state index in [1.54, 1.807) is 0 Å². The van der Waals surface area contributed by atoms with Crippen molar-refractivity contribution in [2.45, 2.75) is 51.6 Å². The predicted molar refractivity (Wildman–Crippen MR) is 102 cm³/mol. The first kappa shape index (κ1) is 17.8. The fourth-order valence-corrected chi connectivity index (χ4v) is 5.74. The number of esters is 1. The number of hydrogen-bond donors (Lipinski definition) is 1. The number of carbonyl (C=O) groups is 1. The van der Waals surface area contributed by atoms with Gasteiger partial charge in [0.15, 0.2) is 0 Å². The standard InChI is InChI=1S/C23H31NO2/c1-16-7-6-11-23(2)14-21-18(13-20(16)23)19(22(25)26-21)15-24-12-10-17-8-4-3-5-9-17/h3-5,8-9,18-21,24H,1,6-7,10-15H2,2H3/p+1/t18-,19-,20-,21+,23-/m0/s1. The molecule has 1 aromatic rings. The van der Waals surface area contributed by atoms with Crippen LogP contribution < -0.4 is 5.32 Å². The molecule has 2 aliphatic carbocycles. The van der Waals surface area contributed by atoms with Gasteiger partial charge in [-0.25, -0.2) is 0 Å². The summed E-state index contributed by atoms with van der Waals surface area (Å²) >= 11 is 0. The summed E-state index contributed by atoms with van der Waals surface area (Å²) in [7, 11) is 0. The van der Waals surface area contributed by atoms with Crippen LogP contribution in [0.5, 0.6) is 0 Å². The number of fused-ring (bicyclic) bond motifs is 2. The zero-order chi connectivity index (χ0) is 18.1. The highest BCUT2D eigenvalue weighted by Gasteiger charge is 2.55. The lowest BCUT2D eigenvalue weighted by Gasteiger charge is -2.49. The van der Waals surface area contributed by atoms with E-state index in [4.69, 9.17) is 4.74 Å². The molecule has 1 heterocycles. The summed E-state index contributed by atoms with van der Waals surface area (Å²) in [4.78, 5) is 12.5. The van der Waals surface area contributed by atoms with Crippen LogP contribution in [0.2, 0.25) is 0 Å². The first-order chi connectivity index (χ1) is 12.6. The van der Waals surface area contributed by atoms with Crippen LogP contribution in [0.1, 0.15) is 44.6 Å². The number of benzene rings is 1. The summed E-state index contributed by atoms with van der Waals surface area (Å²) < 4.78 is 5.85. The van der Waals surface area contributed by atoms with Crippen LogP contribution in [0.4, 0.5) is 0 Å². The van der Waals surface area contributed by atoms with Crippen molar-refractivity contribution in [3.63, 3.8) is 0 Å². The van der Waals surface area contributed by atoms with Crippen molar-refractivity contribution in [1.29, 1.82) is 0 Å². The van der Waals surface area contributed by atoms with Crippen molar-refractivity contribution in [3.8, 4) is 0 Å². The van der Waals surface area contributed by atoms with E-state index >= 15 is 0 Å². The average molecular weight is 355 g/mol. The van der Waals surface area contributed by atoms with Crippen molar-refractivity contribution in [1.82, 2.24) is 0 Å². The summed E-state index contributed by atoms with van der Waals surface area (Å²) in [5.41, 5.74) is 3.08. The van der Waals surface area contributed by atoms with Crippen molar-refractivity contribution in [3.05, 3.63) is 48.0 Å². The minimum atomic E-state index is 0.0452. The third-order valence-electron chi connectivity index (χ3n) is 7.22. The summed E-state index contributed by atoms with van der Waals surface area (Å²) in [6, 6.07) is 10.6. The minimum Gasteiger partial charge on any atom is -0.462 e. The molecule has 1 saturated heterocycles. The second kappa shape index (κ2) is 7.19. The maximum absolute atomic E-state index is 12.5. The number of hydrogen-bond acceptors (Lipinski definition) is 2. The second-order valence-electron chi connectivity index (χ2n) is 8.95. The first-order valence-electron chi connectivity index (χ1n) is 10.3. The number of carbonyl (C=O) groups excluding carboxylic acids is 1. The van der Waals surface area contributed by atoms with E-state index < -0.39 is 0 Å². The Labute approximate surface area is 157 Å². The van der Waals surface area contributed by atoms with Crippen molar-refractivity contribution in [2.75, 3.05) is 13.1 Å². The lowest BCUT2D eigenvalue weighted by molar-refractivity contribution is -0.658. The number of ether oxygens (including phenoxy) is 1. The van der Waals surface area contributed by atoms with Crippen LogP contribution in [0.3, 0.4) is 0 Å². The summed E-state index contributed by atoms with van der Waals surface area (Å²) in [5, 5.41) is 2.31. The molecule has 2 saturated carbocycles. The Bertz CT molecular complexity index is 670. The highest BCUT2D eigenvalue weighted by atomic mass is 16.6. The molecule has 2 N–H and O–H groups in total. The average Bonchev–Trinajstić information content (AvgIpc) is 2.92. The number of allylic oxidation sites excluding steroid dienone is 1. The Morgan fingerprint density at radius 1 is 1.31 bits per heavy atom. The van der Waals surface area contributed by atoms with E-state index in [2.05, 4.69) is 49.2 Å². The fourth-order valence-electron chi connectivity index (χ4n) is 5.74. The Morgan fingerprint density at radius 3 is 2.92 bits per heavy atom. The van der Waals surface area contributed by atoms with Gasteiger partial charge in [-0.15, -0.1) is 0 Å². The molecule has 3 nitrogen and oxygen atoms in total. The molecule has 0 amide bonds. The van der Waals surface area contributed by atoms with Gasteiger partial charge in [0.25, 0.3) is 0 Å². The molecule has 3 aliphatic rings.